The molecule has 1 atom stereocenters. The number of amides is 1. The van der Waals surface area contributed by atoms with Crippen LogP contribution in [0.2, 0.25) is 5.02 Å². The average molecular weight is 521 g/mol. The van der Waals surface area contributed by atoms with Gasteiger partial charge in [0, 0.05) is 24.2 Å². The smallest absolute Gasteiger partial charge is 0.321 e. The molecule has 2 heterocycles. The Morgan fingerprint density at radius 2 is 1.53 bits per heavy atom. The molecule has 36 heavy (non-hydrogen) atoms. The van der Waals surface area contributed by atoms with Gasteiger partial charge in [-0.3, -0.25) is 14.5 Å². The van der Waals surface area contributed by atoms with Gasteiger partial charge in [0.05, 0.1) is 0 Å². The lowest BCUT2D eigenvalue weighted by molar-refractivity contribution is -0.147. The second kappa shape index (κ2) is 11.5. The van der Waals surface area contributed by atoms with E-state index in [1.165, 1.54) is 17.7 Å². The monoisotopic (exact) mass is 520 g/mol. The predicted octanol–water partition coefficient (Wildman–Crippen LogP) is 5.34. The maximum atomic E-state index is 13.4. The van der Waals surface area contributed by atoms with Crippen LogP contribution in [0.3, 0.4) is 0 Å². The molecule has 2 saturated heterocycles. The van der Waals surface area contributed by atoms with Crippen molar-refractivity contribution in [3.8, 4) is 0 Å². The van der Waals surface area contributed by atoms with Gasteiger partial charge in [-0.05, 0) is 92.1 Å². The van der Waals surface area contributed by atoms with Crippen molar-refractivity contribution < 1.29 is 27.9 Å². The van der Waals surface area contributed by atoms with Crippen LogP contribution in [-0.2, 0) is 9.59 Å². The molecule has 2 aromatic rings. The van der Waals surface area contributed by atoms with E-state index in [1.807, 2.05) is 24.3 Å². The zero-order valence-corrected chi connectivity index (χ0v) is 20.4. The number of carbonyl (C=O) groups is 2. The van der Waals surface area contributed by atoms with E-state index in [2.05, 4.69) is 4.90 Å². The molecule has 0 spiro atoms. The number of nitrogens with zero attached hydrogens (tertiary/aromatic N) is 2. The highest BCUT2D eigenvalue weighted by atomic mass is 35.5. The van der Waals surface area contributed by atoms with E-state index in [0.29, 0.717) is 50.0 Å². The van der Waals surface area contributed by atoms with Crippen molar-refractivity contribution in [1.82, 2.24) is 9.80 Å². The fraction of sp³-hybridized carbons (Fsp3) is 0.407. The standard InChI is InChI=1S/C27H28ClF3N2O3/c28-21-4-2-18(3-5-21)19-7-13-33(14-8-19)26(27(35)36)20-9-11-32(12-10-20)24(34)6-1-17-15-22(29)25(31)23(30)16-17/h1-6,15-16,19-20,26H,7-14H2,(H,35,36). The van der Waals surface area contributed by atoms with Crippen LogP contribution < -0.4 is 0 Å². The number of piperidine rings is 2. The summed E-state index contributed by atoms with van der Waals surface area (Å²) in [6.45, 7) is 2.17. The Morgan fingerprint density at radius 1 is 0.944 bits per heavy atom. The van der Waals surface area contributed by atoms with Crippen LogP contribution in [0, 0.1) is 23.4 Å². The maximum Gasteiger partial charge on any atom is 0.321 e. The highest BCUT2D eigenvalue weighted by Crippen LogP contribution is 2.33. The number of carboxylic acids is 1. The van der Waals surface area contributed by atoms with Crippen LogP contribution in [0.25, 0.3) is 6.08 Å². The van der Waals surface area contributed by atoms with Gasteiger partial charge >= 0.3 is 5.97 Å². The molecule has 0 radical (unpaired) electrons. The lowest BCUT2D eigenvalue weighted by atomic mass is 9.84. The highest BCUT2D eigenvalue weighted by Gasteiger charge is 2.38. The first-order chi connectivity index (χ1) is 17.2. The first-order valence-corrected chi connectivity index (χ1v) is 12.4. The molecule has 4 rings (SSSR count). The van der Waals surface area contributed by atoms with Crippen LogP contribution in [0.15, 0.2) is 42.5 Å². The van der Waals surface area contributed by atoms with E-state index >= 15 is 0 Å². The van der Waals surface area contributed by atoms with Crippen LogP contribution in [-0.4, -0.2) is 59.0 Å². The van der Waals surface area contributed by atoms with Crippen molar-refractivity contribution >= 4 is 29.6 Å². The summed E-state index contributed by atoms with van der Waals surface area (Å²) in [6, 6.07) is 8.86. The van der Waals surface area contributed by atoms with Crippen molar-refractivity contribution in [3.63, 3.8) is 0 Å². The first kappa shape index (κ1) is 26.2. The van der Waals surface area contributed by atoms with Gasteiger partial charge in [-0.25, -0.2) is 13.2 Å². The van der Waals surface area contributed by atoms with E-state index in [-0.39, 0.29) is 17.4 Å². The van der Waals surface area contributed by atoms with Gasteiger partial charge in [0.15, 0.2) is 17.5 Å². The molecule has 1 unspecified atom stereocenters. The SMILES string of the molecule is O=C(O)C(C1CCN(C(=O)C=Cc2cc(F)c(F)c(F)c2)CC1)N1CCC(c2ccc(Cl)cc2)CC1. The van der Waals surface area contributed by atoms with Crippen molar-refractivity contribution in [2.75, 3.05) is 26.2 Å². The predicted molar refractivity (Wildman–Crippen MR) is 131 cm³/mol. The van der Waals surface area contributed by atoms with Gasteiger partial charge in [-0.15, -0.1) is 0 Å². The van der Waals surface area contributed by atoms with Gasteiger partial charge in [0.2, 0.25) is 5.91 Å². The Labute approximate surface area is 213 Å². The summed E-state index contributed by atoms with van der Waals surface area (Å²) in [6.07, 6.45) is 5.28. The van der Waals surface area contributed by atoms with Gasteiger partial charge in [-0.1, -0.05) is 23.7 Å². The van der Waals surface area contributed by atoms with E-state index < -0.39 is 29.5 Å². The summed E-state index contributed by atoms with van der Waals surface area (Å²) in [5.74, 6) is -5.08. The zero-order valence-electron chi connectivity index (χ0n) is 19.7. The normalized spacial score (nSPS) is 19.1. The third-order valence-electron chi connectivity index (χ3n) is 7.24. The average Bonchev–Trinajstić information content (AvgIpc) is 2.87. The number of rotatable bonds is 6. The Balaban J connectivity index is 1.31. The topological polar surface area (TPSA) is 60.9 Å². The second-order valence-corrected chi connectivity index (χ2v) is 9.88. The van der Waals surface area contributed by atoms with Crippen LogP contribution in [0.5, 0.6) is 0 Å². The third-order valence-corrected chi connectivity index (χ3v) is 7.49. The molecule has 0 aliphatic carbocycles. The molecule has 0 bridgehead atoms. The Bertz CT molecular complexity index is 1100. The molecule has 0 aromatic heterocycles. The number of aliphatic carboxylic acids is 1. The van der Waals surface area contributed by atoms with E-state index in [9.17, 15) is 27.9 Å². The highest BCUT2D eigenvalue weighted by molar-refractivity contribution is 6.30. The second-order valence-electron chi connectivity index (χ2n) is 9.44. The molecule has 1 N–H and O–H groups in total. The Morgan fingerprint density at radius 3 is 2.08 bits per heavy atom. The molecule has 192 valence electrons. The minimum absolute atomic E-state index is 0.0441. The fourth-order valence-corrected chi connectivity index (χ4v) is 5.41. The molecule has 2 fully saturated rings. The molecule has 1 amide bonds. The summed E-state index contributed by atoms with van der Waals surface area (Å²) < 4.78 is 39.9. The molecule has 2 aliphatic rings. The largest absolute Gasteiger partial charge is 0.480 e. The van der Waals surface area contributed by atoms with Gasteiger partial charge in [0.25, 0.3) is 0 Å². The fourth-order valence-electron chi connectivity index (χ4n) is 5.28. The summed E-state index contributed by atoms with van der Waals surface area (Å²) in [4.78, 5) is 28.4. The number of benzene rings is 2. The molecule has 5 nitrogen and oxygen atoms in total. The lowest BCUT2D eigenvalue weighted by Gasteiger charge is -2.41. The number of carbonyl (C=O) groups excluding carboxylic acids is 1. The summed E-state index contributed by atoms with van der Waals surface area (Å²) >= 11 is 5.99. The number of hydrogen-bond donors (Lipinski definition) is 1. The van der Waals surface area contributed by atoms with E-state index in [1.54, 1.807) is 4.90 Å². The van der Waals surface area contributed by atoms with Crippen LogP contribution in [0.1, 0.15) is 42.7 Å². The van der Waals surface area contributed by atoms with Gasteiger partial charge in [0.1, 0.15) is 6.04 Å². The minimum atomic E-state index is -1.55. The molecular weight excluding hydrogens is 493 g/mol. The summed E-state index contributed by atoms with van der Waals surface area (Å²) in [7, 11) is 0. The van der Waals surface area contributed by atoms with Crippen molar-refractivity contribution in [3.05, 3.63) is 76.1 Å². The number of halogens is 4. The molecule has 9 heteroatoms. The van der Waals surface area contributed by atoms with E-state index in [0.717, 1.165) is 25.0 Å². The molecule has 0 saturated carbocycles. The number of likely N-dealkylation sites (tertiary alicyclic amines) is 2. The number of hydrogen-bond acceptors (Lipinski definition) is 3. The maximum absolute atomic E-state index is 13.4. The summed E-state index contributed by atoms with van der Waals surface area (Å²) in [5.41, 5.74) is 1.26. The quantitative estimate of drug-likeness (QED) is 0.412. The summed E-state index contributed by atoms with van der Waals surface area (Å²) in [5, 5.41) is 10.7. The lowest BCUT2D eigenvalue weighted by Crippen LogP contribution is -2.52. The third kappa shape index (κ3) is 6.10. The molecular formula is C27H28ClF3N2O3. The van der Waals surface area contributed by atoms with Gasteiger partial charge in [-0.2, -0.15) is 0 Å². The van der Waals surface area contributed by atoms with Gasteiger partial charge < -0.3 is 10.0 Å². The van der Waals surface area contributed by atoms with Crippen LogP contribution in [0.4, 0.5) is 13.2 Å². The van der Waals surface area contributed by atoms with Crippen molar-refractivity contribution in [2.45, 2.75) is 37.6 Å². The van der Waals surface area contributed by atoms with Crippen molar-refractivity contribution in [2.24, 2.45) is 5.92 Å². The van der Waals surface area contributed by atoms with Crippen LogP contribution >= 0.6 is 11.6 Å². The Kier molecular flexibility index (Phi) is 8.36. The Hall–Kier alpha value is -2.84. The molecule has 2 aliphatic heterocycles. The van der Waals surface area contributed by atoms with E-state index in [4.69, 9.17) is 11.6 Å². The first-order valence-electron chi connectivity index (χ1n) is 12.1. The molecule has 2 aromatic carbocycles. The van der Waals surface area contributed by atoms with Crippen molar-refractivity contribution in [1.29, 1.82) is 0 Å². The zero-order chi connectivity index (χ0) is 25.8. The minimum Gasteiger partial charge on any atom is -0.480 e. The number of carboxylic acid groups (broad SMARTS) is 1.